The summed E-state index contributed by atoms with van der Waals surface area (Å²) in [4.78, 5) is 21.8. The minimum atomic E-state index is -4.65. The molecule has 1 aliphatic rings. The van der Waals surface area contributed by atoms with Gasteiger partial charge in [-0.2, -0.15) is 13.2 Å². The third kappa shape index (κ3) is 5.58. The maximum atomic E-state index is 13.1. The van der Waals surface area contributed by atoms with Gasteiger partial charge in [0.2, 0.25) is 11.7 Å². The molecule has 10 heteroatoms. The molecule has 1 fully saturated rings. The van der Waals surface area contributed by atoms with Crippen molar-refractivity contribution in [1.82, 2.24) is 20.2 Å². The molecule has 2 aromatic rings. The maximum absolute atomic E-state index is 13.1. The molecule has 1 amide bonds. The summed E-state index contributed by atoms with van der Waals surface area (Å²) in [6.07, 6.45) is -4.65. The van der Waals surface area contributed by atoms with Gasteiger partial charge in [-0.25, -0.2) is 9.97 Å². The highest BCUT2D eigenvalue weighted by Crippen LogP contribution is 2.32. The lowest BCUT2D eigenvalue weighted by Gasteiger charge is -2.40. The van der Waals surface area contributed by atoms with Gasteiger partial charge in [-0.3, -0.25) is 9.69 Å². The average molecular weight is 428 g/mol. The zero-order valence-electron chi connectivity index (χ0n) is 16.3. The molecule has 0 saturated carbocycles. The quantitative estimate of drug-likeness (QED) is 0.564. The predicted molar refractivity (Wildman–Crippen MR) is 105 cm³/mol. The van der Waals surface area contributed by atoms with E-state index in [1.54, 1.807) is 18.2 Å². The highest BCUT2D eigenvalue weighted by atomic mass is 32.2. The number of alkyl halides is 3. The number of aromatic nitrogens is 2. The van der Waals surface area contributed by atoms with Crippen LogP contribution in [-0.4, -0.2) is 64.9 Å². The topological polar surface area (TPSA) is 67.4 Å². The van der Waals surface area contributed by atoms with Gasteiger partial charge in [0.1, 0.15) is 5.03 Å². The fourth-order valence-corrected chi connectivity index (χ4v) is 3.91. The van der Waals surface area contributed by atoms with Crippen LogP contribution in [0, 0.1) is 0 Å². The van der Waals surface area contributed by atoms with E-state index in [1.807, 2.05) is 13.8 Å². The predicted octanol–water partition coefficient (Wildman–Crippen LogP) is 2.97. The standard InChI is InChI=1S/C19H23F3N4O2S/c1-18(2,26-7-9-28-10-8-26)12-23-15(27)11-29-16-13-5-3-4-6-14(13)24-17(25-16)19(20,21)22/h3-6H,7-12H2,1-2H3,(H,23,27). The third-order valence-electron chi connectivity index (χ3n) is 4.75. The van der Waals surface area contributed by atoms with Crippen LogP contribution in [0.1, 0.15) is 19.7 Å². The van der Waals surface area contributed by atoms with Crippen molar-refractivity contribution in [2.24, 2.45) is 0 Å². The summed E-state index contributed by atoms with van der Waals surface area (Å²) in [5, 5.41) is 3.51. The Hall–Kier alpha value is -1.91. The van der Waals surface area contributed by atoms with Gasteiger partial charge in [0.15, 0.2) is 0 Å². The Morgan fingerprint density at radius 2 is 1.90 bits per heavy atom. The molecule has 0 bridgehead atoms. The number of hydrogen-bond donors (Lipinski definition) is 1. The number of carbonyl (C=O) groups is 1. The first-order valence-electron chi connectivity index (χ1n) is 9.23. The van der Waals surface area contributed by atoms with Gasteiger partial charge in [0.25, 0.3) is 0 Å². The second-order valence-corrected chi connectivity index (χ2v) is 8.31. The number of nitrogens with one attached hydrogen (secondary N) is 1. The third-order valence-corrected chi connectivity index (χ3v) is 5.74. The number of halogens is 3. The van der Waals surface area contributed by atoms with E-state index in [0.29, 0.717) is 25.1 Å². The second-order valence-electron chi connectivity index (χ2n) is 7.34. The van der Waals surface area contributed by atoms with Crippen LogP contribution in [0.15, 0.2) is 29.3 Å². The number of rotatable bonds is 6. The molecule has 0 atom stereocenters. The van der Waals surface area contributed by atoms with E-state index in [-0.39, 0.29) is 27.7 Å². The molecule has 6 nitrogen and oxygen atoms in total. The van der Waals surface area contributed by atoms with Crippen molar-refractivity contribution in [1.29, 1.82) is 0 Å². The highest BCUT2D eigenvalue weighted by Gasteiger charge is 2.35. The molecule has 0 radical (unpaired) electrons. The van der Waals surface area contributed by atoms with E-state index in [0.717, 1.165) is 24.9 Å². The normalized spacial score (nSPS) is 16.2. The summed E-state index contributed by atoms with van der Waals surface area (Å²) in [6, 6.07) is 6.47. The number of carbonyl (C=O) groups excluding carboxylic acids is 1. The first kappa shape index (κ1) is 21.8. The van der Waals surface area contributed by atoms with Crippen molar-refractivity contribution in [3.63, 3.8) is 0 Å². The molecule has 1 aromatic carbocycles. The molecule has 0 spiro atoms. The van der Waals surface area contributed by atoms with E-state index < -0.39 is 12.0 Å². The number of thioether (sulfide) groups is 1. The zero-order chi connectivity index (χ0) is 21.1. The van der Waals surface area contributed by atoms with Gasteiger partial charge in [0, 0.05) is 30.6 Å². The number of fused-ring (bicyclic) bond motifs is 1. The van der Waals surface area contributed by atoms with Gasteiger partial charge in [-0.05, 0) is 19.9 Å². The van der Waals surface area contributed by atoms with Crippen molar-refractivity contribution >= 4 is 28.6 Å². The number of amides is 1. The molecule has 1 aromatic heterocycles. The highest BCUT2D eigenvalue weighted by molar-refractivity contribution is 8.00. The molecule has 29 heavy (non-hydrogen) atoms. The van der Waals surface area contributed by atoms with Gasteiger partial charge in [-0.1, -0.05) is 30.0 Å². The van der Waals surface area contributed by atoms with Crippen LogP contribution in [0.2, 0.25) is 0 Å². The fourth-order valence-electron chi connectivity index (χ4n) is 3.06. The van der Waals surface area contributed by atoms with Crippen molar-refractivity contribution < 1.29 is 22.7 Å². The number of ether oxygens (including phenoxy) is 1. The molecule has 2 heterocycles. The van der Waals surface area contributed by atoms with Crippen LogP contribution in [0.5, 0.6) is 0 Å². The van der Waals surface area contributed by atoms with Crippen molar-refractivity contribution in [3.05, 3.63) is 30.1 Å². The van der Waals surface area contributed by atoms with Crippen LogP contribution in [0.25, 0.3) is 10.9 Å². The molecule has 0 aliphatic carbocycles. The van der Waals surface area contributed by atoms with E-state index in [4.69, 9.17) is 4.74 Å². The summed E-state index contributed by atoms with van der Waals surface area (Å²) in [7, 11) is 0. The summed E-state index contributed by atoms with van der Waals surface area (Å²) in [6.45, 7) is 7.43. The van der Waals surface area contributed by atoms with Crippen LogP contribution < -0.4 is 5.32 Å². The Morgan fingerprint density at radius 3 is 2.59 bits per heavy atom. The van der Waals surface area contributed by atoms with Gasteiger partial charge in [-0.15, -0.1) is 0 Å². The molecule has 1 N–H and O–H groups in total. The molecular formula is C19H23F3N4O2S. The van der Waals surface area contributed by atoms with Gasteiger partial charge in [0.05, 0.1) is 24.5 Å². The average Bonchev–Trinajstić information content (AvgIpc) is 2.70. The number of para-hydroxylation sites is 1. The molecule has 1 aliphatic heterocycles. The smallest absolute Gasteiger partial charge is 0.379 e. The van der Waals surface area contributed by atoms with Crippen molar-refractivity contribution in [2.75, 3.05) is 38.6 Å². The Balaban J connectivity index is 1.64. The fraction of sp³-hybridized carbons (Fsp3) is 0.526. The van der Waals surface area contributed by atoms with Crippen LogP contribution in [0.4, 0.5) is 13.2 Å². The molecule has 0 unspecified atom stereocenters. The molecule has 158 valence electrons. The monoisotopic (exact) mass is 428 g/mol. The van der Waals surface area contributed by atoms with E-state index in [2.05, 4.69) is 20.2 Å². The first-order chi connectivity index (χ1) is 13.7. The lowest BCUT2D eigenvalue weighted by Crippen LogP contribution is -2.55. The summed E-state index contributed by atoms with van der Waals surface area (Å²) >= 11 is 0.978. The second kappa shape index (κ2) is 8.85. The minimum Gasteiger partial charge on any atom is -0.379 e. The Labute approximate surface area is 171 Å². The number of benzene rings is 1. The zero-order valence-corrected chi connectivity index (χ0v) is 17.1. The Kier molecular flexibility index (Phi) is 6.65. The summed E-state index contributed by atoms with van der Waals surface area (Å²) < 4.78 is 44.6. The Bertz CT molecular complexity index is 870. The maximum Gasteiger partial charge on any atom is 0.451 e. The van der Waals surface area contributed by atoms with Crippen LogP contribution in [-0.2, 0) is 15.7 Å². The molecular weight excluding hydrogens is 405 g/mol. The summed E-state index contributed by atoms with van der Waals surface area (Å²) in [5.41, 5.74) is -0.0407. The number of morpholine rings is 1. The lowest BCUT2D eigenvalue weighted by molar-refractivity contribution is -0.145. The van der Waals surface area contributed by atoms with Gasteiger partial charge >= 0.3 is 6.18 Å². The largest absolute Gasteiger partial charge is 0.451 e. The summed E-state index contributed by atoms with van der Waals surface area (Å²) in [5.74, 6) is -1.49. The molecule has 3 rings (SSSR count). The number of hydrogen-bond acceptors (Lipinski definition) is 6. The molecule has 1 saturated heterocycles. The van der Waals surface area contributed by atoms with E-state index in [9.17, 15) is 18.0 Å². The van der Waals surface area contributed by atoms with Gasteiger partial charge < -0.3 is 10.1 Å². The van der Waals surface area contributed by atoms with Crippen molar-refractivity contribution in [2.45, 2.75) is 30.6 Å². The minimum absolute atomic E-state index is 0.0303. The lowest BCUT2D eigenvalue weighted by atomic mass is 10.0. The first-order valence-corrected chi connectivity index (χ1v) is 10.2. The van der Waals surface area contributed by atoms with Crippen molar-refractivity contribution in [3.8, 4) is 0 Å². The van der Waals surface area contributed by atoms with E-state index >= 15 is 0 Å². The van der Waals surface area contributed by atoms with Crippen LogP contribution in [0.3, 0.4) is 0 Å². The Morgan fingerprint density at radius 1 is 1.21 bits per heavy atom. The van der Waals surface area contributed by atoms with Crippen LogP contribution >= 0.6 is 11.8 Å². The SMILES string of the molecule is CC(C)(CNC(=O)CSc1nc(C(F)(F)F)nc2ccccc12)N1CCOCC1. The van der Waals surface area contributed by atoms with E-state index in [1.165, 1.54) is 6.07 Å². The number of nitrogens with zero attached hydrogens (tertiary/aromatic N) is 3.